The first-order chi connectivity index (χ1) is 12.9. The third-order valence-electron chi connectivity index (χ3n) is 5.92. The summed E-state index contributed by atoms with van der Waals surface area (Å²) in [6.45, 7) is 3.17. The van der Waals surface area contributed by atoms with E-state index in [1.807, 2.05) is 17.0 Å². The van der Waals surface area contributed by atoms with Crippen molar-refractivity contribution in [3.63, 3.8) is 0 Å². The van der Waals surface area contributed by atoms with Crippen LogP contribution in [0.2, 0.25) is 5.02 Å². The molecule has 8 heteroatoms. The van der Waals surface area contributed by atoms with E-state index in [1.54, 1.807) is 6.07 Å². The first kappa shape index (κ1) is 19.0. The highest BCUT2D eigenvalue weighted by Crippen LogP contribution is 2.29. The zero-order valence-electron chi connectivity index (χ0n) is 15.3. The Bertz CT molecular complexity index is 821. The summed E-state index contributed by atoms with van der Waals surface area (Å²) in [5, 5.41) is 0.645. The van der Waals surface area contributed by atoms with E-state index in [9.17, 15) is 13.2 Å². The van der Waals surface area contributed by atoms with Gasteiger partial charge in [0.05, 0.1) is 18.1 Å². The van der Waals surface area contributed by atoms with E-state index in [4.69, 9.17) is 16.3 Å². The Morgan fingerprint density at radius 2 is 1.93 bits per heavy atom. The molecular formula is C19H25ClN2O4S. The lowest BCUT2D eigenvalue weighted by Crippen LogP contribution is -2.46. The second-order valence-corrected chi connectivity index (χ2v) is 10.4. The molecule has 6 nitrogen and oxygen atoms in total. The van der Waals surface area contributed by atoms with Crippen LogP contribution in [0.1, 0.15) is 24.8 Å². The summed E-state index contributed by atoms with van der Waals surface area (Å²) in [5.74, 6) is 1.54. The monoisotopic (exact) mass is 412 g/mol. The molecule has 0 aliphatic carbocycles. The van der Waals surface area contributed by atoms with E-state index >= 15 is 0 Å². The molecule has 0 radical (unpaired) electrons. The van der Waals surface area contributed by atoms with Gasteiger partial charge in [0.25, 0.3) is 0 Å². The number of carbonyl (C=O) groups is 1. The maximum atomic E-state index is 13.1. The van der Waals surface area contributed by atoms with Gasteiger partial charge in [-0.3, -0.25) is 9.69 Å². The van der Waals surface area contributed by atoms with Crippen molar-refractivity contribution >= 4 is 27.3 Å². The van der Waals surface area contributed by atoms with E-state index in [0.29, 0.717) is 30.5 Å². The van der Waals surface area contributed by atoms with Crippen LogP contribution >= 0.6 is 11.6 Å². The first-order valence-corrected chi connectivity index (χ1v) is 11.8. The molecule has 1 unspecified atom stereocenters. The minimum atomic E-state index is -2.87. The molecule has 148 valence electrons. The van der Waals surface area contributed by atoms with Crippen molar-refractivity contribution in [1.29, 1.82) is 0 Å². The molecule has 0 N–H and O–H groups in total. The van der Waals surface area contributed by atoms with Crippen LogP contribution in [-0.2, 0) is 21.2 Å². The fraction of sp³-hybridized carbons (Fsp3) is 0.632. The van der Waals surface area contributed by atoms with Gasteiger partial charge in [-0.05, 0) is 50.6 Å². The van der Waals surface area contributed by atoms with Crippen LogP contribution in [0, 0.1) is 5.92 Å². The van der Waals surface area contributed by atoms with Crippen molar-refractivity contribution in [1.82, 2.24) is 9.80 Å². The Balaban J connectivity index is 1.36. The molecule has 1 aromatic rings. The Hall–Kier alpha value is -1.31. The number of halogens is 1. The molecule has 1 aromatic carbocycles. The van der Waals surface area contributed by atoms with Crippen molar-refractivity contribution in [3.8, 4) is 5.75 Å². The third-order valence-corrected chi connectivity index (χ3v) is 7.90. The Morgan fingerprint density at radius 3 is 2.63 bits per heavy atom. The van der Waals surface area contributed by atoms with E-state index in [2.05, 4.69) is 4.90 Å². The standard InChI is InChI=1S/C19H25ClN2O4S/c20-16-1-2-18-15(11-16)12-22(8-9-26-18)19(23)14-3-6-21(7-4-14)17-5-10-27(24,25)13-17/h1-2,11,14,17H,3-10,12-13H2. The van der Waals surface area contributed by atoms with Crippen molar-refractivity contribution < 1.29 is 17.9 Å². The number of carbonyl (C=O) groups excluding carboxylic acids is 1. The Kier molecular flexibility index (Phi) is 5.36. The molecule has 0 aromatic heterocycles. The number of sulfone groups is 1. The number of hydrogen-bond donors (Lipinski definition) is 0. The Morgan fingerprint density at radius 1 is 1.15 bits per heavy atom. The lowest BCUT2D eigenvalue weighted by atomic mass is 9.94. The molecule has 27 heavy (non-hydrogen) atoms. The number of fused-ring (bicyclic) bond motifs is 1. The summed E-state index contributed by atoms with van der Waals surface area (Å²) in [6.07, 6.45) is 2.30. The molecule has 0 spiro atoms. The van der Waals surface area contributed by atoms with Crippen molar-refractivity contribution in [2.45, 2.75) is 31.8 Å². The smallest absolute Gasteiger partial charge is 0.226 e. The molecular weight excluding hydrogens is 388 g/mol. The molecule has 3 aliphatic rings. The summed E-state index contributed by atoms with van der Waals surface area (Å²) >= 11 is 6.10. The normalized spacial score (nSPS) is 26.3. The van der Waals surface area contributed by atoms with Gasteiger partial charge in [-0.15, -0.1) is 0 Å². The molecule has 3 aliphatic heterocycles. The van der Waals surface area contributed by atoms with Gasteiger partial charge in [-0.1, -0.05) is 11.6 Å². The quantitative estimate of drug-likeness (QED) is 0.742. The van der Waals surface area contributed by atoms with Crippen LogP contribution in [0.5, 0.6) is 5.75 Å². The number of rotatable bonds is 2. The van der Waals surface area contributed by atoms with Crippen molar-refractivity contribution in [2.75, 3.05) is 37.7 Å². The summed E-state index contributed by atoms with van der Waals surface area (Å²) in [6, 6.07) is 5.66. The fourth-order valence-corrected chi connectivity index (χ4v) is 6.34. The average molecular weight is 413 g/mol. The second kappa shape index (κ2) is 7.60. The number of likely N-dealkylation sites (tertiary alicyclic amines) is 1. The zero-order valence-corrected chi connectivity index (χ0v) is 16.8. The number of nitrogens with zero attached hydrogens (tertiary/aromatic N) is 2. The first-order valence-electron chi connectivity index (χ1n) is 9.56. The molecule has 0 bridgehead atoms. The van der Waals surface area contributed by atoms with Crippen LogP contribution < -0.4 is 4.74 Å². The second-order valence-electron chi connectivity index (χ2n) is 7.73. The number of piperidine rings is 1. The third kappa shape index (κ3) is 4.25. The SMILES string of the molecule is O=C(C1CCN(C2CCS(=O)(=O)C2)CC1)N1CCOc2ccc(Cl)cc2C1. The van der Waals surface area contributed by atoms with Gasteiger partial charge < -0.3 is 9.64 Å². The highest BCUT2D eigenvalue weighted by Gasteiger charge is 2.36. The molecule has 1 atom stereocenters. The summed E-state index contributed by atoms with van der Waals surface area (Å²) in [4.78, 5) is 17.2. The van der Waals surface area contributed by atoms with Crippen molar-refractivity contribution in [2.24, 2.45) is 5.92 Å². The minimum absolute atomic E-state index is 0.00000520. The van der Waals surface area contributed by atoms with Crippen LogP contribution in [0.4, 0.5) is 0 Å². The van der Waals surface area contributed by atoms with E-state index in [1.165, 1.54) is 0 Å². The summed E-state index contributed by atoms with van der Waals surface area (Å²) in [5.41, 5.74) is 0.946. The van der Waals surface area contributed by atoms with Crippen LogP contribution in [0.25, 0.3) is 0 Å². The van der Waals surface area contributed by atoms with Crippen molar-refractivity contribution in [3.05, 3.63) is 28.8 Å². The van der Waals surface area contributed by atoms with E-state index < -0.39 is 9.84 Å². The summed E-state index contributed by atoms with van der Waals surface area (Å²) in [7, 11) is -2.87. The van der Waals surface area contributed by atoms with Crippen LogP contribution in [0.3, 0.4) is 0 Å². The number of benzene rings is 1. The van der Waals surface area contributed by atoms with Gasteiger partial charge in [0.2, 0.25) is 5.91 Å². The van der Waals surface area contributed by atoms with Gasteiger partial charge in [0.1, 0.15) is 12.4 Å². The van der Waals surface area contributed by atoms with Gasteiger partial charge in [0, 0.05) is 29.1 Å². The van der Waals surface area contributed by atoms with Gasteiger partial charge in [0.15, 0.2) is 9.84 Å². The topological polar surface area (TPSA) is 66.9 Å². The molecule has 4 rings (SSSR count). The zero-order chi connectivity index (χ0) is 19.0. The van der Waals surface area contributed by atoms with Gasteiger partial charge in [-0.25, -0.2) is 8.42 Å². The molecule has 2 fully saturated rings. The maximum absolute atomic E-state index is 13.1. The highest BCUT2D eigenvalue weighted by atomic mass is 35.5. The largest absolute Gasteiger partial charge is 0.491 e. The minimum Gasteiger partial charge on any atom is -0.491 e. The molecule has 2 saturated heterocycles. The predicted molar refractivity (Wildman–Crippen MR) is 104 cm³/mol. The molecule has 3 heterocycles. The Labute approximate surface area is 165 Å². The molecule has 1 amide bonds. The van der Waals surface area contributed by atoms with Crippen LogP contribution in [-0.4, -0.2) is 67.9 Å². The number of ether oxygens (including phenoxy) is 1. The predicted octanol–water partition coefficient (Wildman–Crippen LogP) is 1.96. The van der Waals surface area contributed by atoms with Gasteiger partial charge >= 0.3 is 0 Å². The lowest BCUT2D eigenvalue weighted by molar-refractivity contribution is -0.138. The van der Waals surface area contributed by atoms with Crippen LogP contribution in [0.15, 0.2) is 18.2 Å². The number of amides is 1. The van der Waals surface area contributed by atoms with E-state index in [0.717, 1.165) is 43.7 Å². The average Bonchev–Trinajstić information content (AvgIpc) is 2.88. The van der Waals surface area contributed by atoms with E-state index in [-0.39, 0.29) is 23.6 Å². The lowest BCUT2D eigenvalue weighted by Gasteiger charge is -2.36. The maximum Gasteiger partial charge on any atom is 0.226 e. The number of hydrogen-bond acceptors (Lipinski definition) is 5. The highest BCUT2D eigenvalue weighted by molar-refractivity contribution is 7.91. The summed E-state index contributed by atoms with van der Waals surface area (Å²) < 4.78 is 29.2. The molecule has 0 saturated carbocycles. The van der Waals surface area contributed by atoms with Gasteiger partial charge in [-0.2, -0.15) is 0 Å². The fourth-order valence-electron chi connectivity index (χ4n) is 4.38.